The summed E-state index contributed by atoms with van der Waals surface area (Å²) in [6.45, 7) is 0.0255. The van der Waals surface area contributed by atoms with Crippen LogP contribution in [0.3, 0.4) is 0 Å². The van der Waals surface area contributed by atoms with E-state index in [2.05, 4.69) is 20.9 Å². The Hall–Kier alpha value is -1.91. The van der Waals surface area contributed by atoms with Crippen LogP contribution in [-0.4, -0.2) is 17.2 Å². The molecule has 3 rings (SSSR count). The highest BCUT2D eigenvalue weighted by atomic mass is 79.9. The van der Waals surface area contributed by atoms with Crippen LogP contribution in [0.4, 0.5) is 0 Å². The fourth-order valence-electron chi connectivity index (χ4n) is 2.35. The number of benzene rings is 2. The molecular weight excluding hydrogens is 330 g/mol. The maximum Gasteiger partial charge on any atom is 0.214 e. The summed E-state index contributed by atoms with van der Waals surface area (Å²) < 4.78 is 6.30. The third kappa shape index (κ3) is 2.77. The number of pyridine rings is 1. The first-order valence-electron chi connectivity index (χ1n) is 6.56. The van der Waals surface area contributed by atoms with Crippen molar-refractivity contribution >= 4 is 26.8 Å². The molecule has 0 atom stereocenters. The Labute approximate surface area is 131 Å². The normalized spacial score (nSPS) is 10.8. The molecule has 0 saturated carbocycles. The molecule has 2 aromatic carbocycles. The number of nitrogens with zero attached hydrogens (tertiary/aromatic N) is 1. The van der Waals surface area contributed by atoms with E-state index in [1.54, 1.807) is 7.11 Å². The Kier molecular flexibility index (Phi) is 3.90. The fourth-order valence-corrected chi connectivity index (χ4v) is 2.72. The van der Waals surface area contributed by atoms with E-state index in [1.807, 2.05) is 48.5 Å². The molecule has 0 saturated heterocycles. The van der Waals surface area contributed by atoms with Gasteiger partial charge in [-0.2, -0.15) is 0 Å². The fraction of sp³-hybridized carbons (Fsp3) is 0.118. The molecule has 0 fully saturated rings. The maximum absolute atomic E-state index is 9.32. The van der Waals surface area contributed by atoms with E-state index in [0.717, 1.165) is 32.1 Å². The molecule has 0 aliphatic rings. The van der Waals surface area contributed by atoms with Crippen LogP contribution in [0.15, 0.2) is 53.0 Å². The van der Waals surface area contributed by atoms with Crippen LogP contribution in [0, 0.1) is 0 Å². The number of fused-ring (bicyclic) bond motifs is 1. The van der Waals surface area contributed by atoms with E-state index in [0.29, 0.717) is 5.88 Å². The number of halogens is 1. The summed E-state index contributed by atoms with van der Waals surface area (Å²) in [6.07, 6.45) is 0. The van der Waals surface area contributed by atoms with Gasteiger partial charge in [0.25, 0.3) is 0 Å². The number of aromatic nitrogens is 1. The monoisotopic (exact) mass is 343 g/mol. The van der Waals surface area contributed by atoms with Gasteiger partial charge in [-0.25, -0.2) is 4.98 Å². The van der Waals surface area contributed by atoms with Crippen molar-refractivity contribution in [2.75, 3.05) is 7.11 Å². The average Bonchev–Trinajstić information content (AvgIpc) is 2.54. The summed E-state index contributed by atoms with van der Waals surface area (Å²) in [5.74, 6) is 0.578. The van der Waals surface area contributed by atoms with Crippen LogP contribution < -0.4 is 4.74 Å². The van der Waals surface area contributed by atoms with E-state index in [1.165, 1.54) is 0 Å². The third-order valence-corrected chi connectivity index (χ3v) is 3.87. The van der Waals surface area contributed by atoms with Crippen molar-refractivity contribution in [2.24, 2.45) is 0 Å². The summed E-state index contributed by atoms with van der Waals surface area (Å²) in [4.78, 5) is 4.47. The van der Waals surface area contributed by atoms with Crippen LogP contribution in [0.5, 0.6) is 5.88 Å². The molecule has 0 aliphatic heterocycles. The van der Waals surface area contributed by atoms with Gasteiger partial charge in [-0.3, -0.25) is 0 Å². The minimum atomic E-state index is 0.0255. The molecule has 1 N–H and O–H groups in total. The van der Waals surface area contributed by atoms with Crippen molar-refractivity contribution in [3.63, 3.8) is 0 Å². The lowest BCUT2D eigenvalue weighted by molar-refractivity contribution is 0.282. The van der Waals surface area contributed by atoms with Crippen LogP contribution in [0.2, 0.25) is 0 Å². The summed E-state index contributed by atoms with van der Waals surface area (Å²) in [5.41, 5.74) is 3.83. The minimum Gasteiger partial charge on any atom is -0.481 e. The molecule has 0 bridgehead atoms. The number of hydrogen-bond donors (Lipinski definition) is 1. The highest BCUT2D eigenvalue weighted by Crippen LogP contribution is 2.33. The van der Waals surface area contributed by atoms with Crippen LogP contribution in [0.25, 0.3) is 22.0 Å². The molecule has 1 aromatic heterocycles. The van der Waals surface area contributed by atoms with Crippen LogP contribution in [0.1, 0.15) is 5.56 Å². The highest BCUT2D eigenvalue weighted by Gasteiger charge is 2.09. The lowest BCUT2D eigenvalue weighted by Gasteiger charge is -2.10. The van der Waals surface area contributed by atoms with Gasteiger partial charge >= 0.3 is 0 Å². The van der Waals surface area contributed by atoms with Crippen molar-refractivity contribution in [3.8, 4) is 17.0 Å². The SMILES string of the molecule is COc1cc(-c2cccc(CO)c2)c2cc(Br)ccc2n1. The Bertz CT molecular complexity index is 802. The zero-order chi connectivity index (χ0) is 14.8. The largest absolute Gasteiger partial charge is 0.481 e. The smallest absolute Gasteiger partial charge is 0.214 e. The van der Waals surface area contributed by atoms with E-state index in [-0.39, 0.29) is 6.61 Å². The van der Waals surface area contributed by atoms with E-state index < -0.39 is 0 Å². The van der Waals surface area contributed by atoms with Gasteiger partial charge in [-0.1, -0.05) is 34.1 Å². The topological polar surface area (TPSA) is 42.4 Å². The number of ether oxygens (including phenoxy) is 1. The van der Waals surface area contributed by atoms with Gasteiger partial charge in [-0.15, -0.1) is 0 Å². The van der Waals surface area contributed by atoms with Gasteiger partial charge < -0.3 is 9.84 Å². The predicted octanol–water partition coefficient (Wildman–Crippen LogP) is 4.17. The number of methoxy groups -OCH3 is 1. The second-order valence-corrected chi connectivity index (χ2v) is 5.65. The number of aliphatic hydroxyl groups excluding tert-OH is 1. The Morgan fingerprint density at radius 1 is 1.14 bits per heavy atom. The Morgan fingerprint density at radius 3 is 2.76 bits per heavy atom. The molecule has 106 valence electrons. The first-order chi connectivity index (χ1) is 10.2. The number of rotatable bonds is 3. The molecule has 0 spiro atoms. The second-order valence-electron chi connectivity index (χ2n) is 4.73. The van der Waals surface area contributed by atoms with E-state index in [9.17, 15) is 5.11 Å². The zero-order valence-electron chi connectivity index (χ0n) is 11.5. The van der Waals surface area contributed by atoms with E-state index in [4.69, 9.17) is 4.74 Å². The van der Waals surface area contributed by atoms with Crippen LogP contribution in [-0.2, 0) is 6.61 Å². The lowest BCUT2D eigenvalue weighted by Crippen LogP contribution is -1.92. The number of aliphatic hydroxyl groups is 1. The standard InChI is InChI=1S/C17H14BrNO2/c1-21-17-9-14(12-4-2-3-11(7-12)10-20)15-8-13(18)5-6-16(15)19-17/h2-9,20H,10H2,1H3. The molecule has 21 heavy (non-hydrogen) atoms. The van der Waals surface area contributed by atoms with Crippen molar-refractivity contribution in [1.29, 1.82) is 0 Å². The van der Waals surface area contributed by atoms with Crippen molar-refractivity contribution in [3.05, 3.63) is 58.6 Å². The highest BCUT2D eigenvalue weighted by molar-refractivity contribution is 9.10. The van der Waals surface area contributed by atoms with Gasteiger partial charge in [0.05, 0.1) is 19.2 Å². The molecule has 0 aliphatic carbocycles. The first kappa shape index (κ1) is 14.0. The van der Waals surface area contributed by atoms with Gasteiger partial charge in [0.1, 0.15) is 0 Å². The summed E-state index contributed by atoms with van der Waals surface area (Å²) >= 11 is 3.50. The minimum absolute atomic E-state index is 0.0255. The Balaban J connectivity index is 2.30. The molecule has 1 heterocycles. The lowest BCUT2D eigenvalue weighted by atomic mass is 9.99. The van der Waals surface area contributed by atoms with Crippen molar-refractivity contribution in [1.82, 2.24) is 4.98 Å². The Morgan fingerprint density at radius 2 is 2.00 bits per heavy atom. The van der Waals surface area contributed by atoms with Gasteiger partial charge in [0, 0.05) is 15.9 Å². The second kappa shape index (κ2) is 5.84. The van der Waals surface area contributed by atoms with Gasteiger partial charge in [0.15, 0.2) is 0 Å². The predicted molar refractivity (Wildman–Crippen MR) is 87.4 cm³/mol. The summed E-state index contributed by atoms with van der Waals surface area (Å²) in [7, 11) is 1.61. The molecule has 4 heteroatoms. The van der Waals surface area contributed by atoms with E-state index >= 15 is 0 Å². The van der Waals surface area contributed by atoms with Gasteiger partial charge in [-0.05, 0) is 41.0 Å². The maximum atomic E-state index is 9.32. The molecule has 0 unspecified atom stereocenters. The molecule has 0 radical (unpaired) electrons. The van der Waals surface area contributed by atoms with Crippen LogP contribution >= 0.6 is 15.9 Å². The summed E-state index contributed by atoms with van der Waals surface area (Å²) in [5, 5.41) is 10.4. The molecular formula is C17H14BrNO2. The quantitative estimate of drug-likeness (QED) is 0.776. The number of hydrogen-bond acceptors (Lipinski definition) is 3. The summed E-state index contributed by atoms with van der Waals surface area (Å²) in [6, 6.07) is 15.7. The average molecular weight is 344 g/mol. The van der Waals surface area contributed by atoms with Crippen molar-refractivity contribution < 1.29 is 9.84 Å². The molecule has 3 aromatic rings. The first-order valence-corrected chi connectivity index (χ1v) is 7.35. The molecule has 3 nitrogen and oxygen atoms in total. The van der Waals surface area contributed by atoms with Gasteiger partial charge in [0.2, 0.25) is 5.88 Å². The van der Waals surface area contributed by atoms with Crippen molar-refractivity contribution in [2.45, 2.75) is 6.61 Å². The zero-order valence-corrected chi connectivity index (χ0v) is 13.1. The molecule has 0 amide bonds. The third-order valence-electron chi connectivity index (χ3n) is 3.38.